The molecule has 1 heterocycles. The van der Waals surface area contributed by atoms with Crippen molar-refractivity contribution in [2.45, 2.75) is 58.5 Å². The van der Waals surface area contributed by atoms with Crippen LogP contribution in [0, 0.1) is 13.8 Å². The largest absolute Gasteiger partial charge is 0.361 e. The SMILES string of the molecule is Cc1noc(C)c1C[C@@H](C)NC(=O)NC1CCC1. The second-order valence-corrected chi connectivity index (χ2v) is 5.15. The molecule has 5 heteroatoms. The van der Waals surface area contributed by atoms with E-state index in [1.54, 1.807) is 0 Å². The van der Waals surface area contributed by atoms with E-state index in [9.17, 15) is 4.79 Å². The number of nitrogens with zero attached hydrogens (tertiary/aromatic N) is 1. The third-order valence-electron chi connectivity index (χ3n) is 3.51. The minimum absolute atomic E-state index is 0.0704. The fourth-order valence-corrected chi connectivity index (χ4v) is 2.15. The molecule has 5 nitrogen and oxygen atoms in total. The first kappa shape index (κ1) is 12.9. The van der Waals surface area contributed by atoms with Crippen molar-refractivity contribution < 1.29 is 9.32 Å². The Balaban J connectivity index is 1.80. The summed E-state index contributed by atoms with van der Waals surface area (Å²) in [6, 6.07) is 0.372. The summed E-state index contributed by atoms with van der Waals surface area (Å²) in [7, 11) is 0. The zero-order valence-electron chi connectivity index (χ0n) is 11.2. The van der Waals surface area contributed by atoms with Crippen LogP contribution in [0.2, 0.25) is 0 Å². The molecule has 0 aromatic carbocycles. The van der Waals surface area contributed by atoms with E-state index in [0.29, 0.717) is 6.04 Å². The van der Waals surface area contributed by atoms with Gasteiger partial charge in [-0.2, -0.15) is 0 Å². The van der Waals surface area contributed by atoms with Crippen LogP contribution < -0.4 is 10.6 Å². The summed E-state index contributed by atoms with van der Waals surface area (Å²) in [5, 5.41) is 9.84. The molecular weight excluding hydrogens is 230 g/mol. The van der Waals surface area contributed by atoms with Crippen molar-refractivity contribution in [3.8, 4) is 0 Å². The summed E-state index contributed by atoms with van der Waals surface area (Å²) in [6.45, 7) is 5.82. The second kappa shape index (κ2) is 5.42. The van der Waals surface area contributed by atoms with E-state index < -0.39 is 0 Å². The van der Waals surface area contributed by atoms with Crippen LogP contribution in [0.1, 0.15) is 43.2 Å². The van der Waals surface area contributed by atoms with Crippen LogP contribution in [-0.2, 0) is 6.42 Å². The van der Waals surface area contributed by atoms with Crippen molar-refractivity contribution in [2.24, 2.45) is 0 Å². The van der Waals surface area contributed by atoms with Gasteiger partial charge >= 0.3 is 6.03 Å². The van der Waals surface area contributed by atoms with E-state index >= 15 is 0 Å². The van der Waals surface area contributed by atoms with Crippen molar-refractivity contribution in [3.05, 3.63) is 17.0 Å². The molecule has 100 valence electrons. The number of hydrogen-bond acceptors (Lipinski definition) is 3. The number of rotatable bonds is 4. The lowest BCUT2D eigenvalue weighted by Crippen LogP contribution is -2.48. The summed E-state index contributed by atoms with van der Waals surface area (Å²) in [6.07, 6.45) is 4.18. The summed E-state index contributed by atoms with van der Waals surface area (Å²) in [5.41, 5.74) is 1.99. The molecule has 0 bridgehead atoms. The van der Waals surface area contributed by atoms with Crippen LogP contribution in [-0.4, -0.2) is 23.3 Å². The first-order chi connectivity index (χ1) is 8.56. The van der Waals surface area contributed by atoms with Crippen LogP contribution in [0.3, 0.4) is 0 Å². The average molecular weight is 251 g/mol. The topological polar surface area (TPSA) is 67.2 Å². The summed E-state index contributed by atoms with van der Waals surface area (Å²) >= 11 is 0. The number of amides is 2. The van der Waals surface area contributed by atoms with E-state index in [4.69, 9.17) is 4.52 Å². The Bertz CT molecular complexity index is 404. The van der Waals surface area contributed by atoms with Crippen LogP contribution in [0.5, 0.6) is 0 Å². The van der Waals surface area contributed by atoms with Gasteiger partial charge in [0.05, 0.1) is 5.69 Å². The maximum Gasteiger partial charge on any atom is 0.315 e. The molecule has 1 aliphatic carbocycles. The Kier molecular flexibility index (Phi) is 3.89. The molecule has 0 radical (unpaired) electrons. The number of hydrogen-bond donors (Lipinski definition) is 2. The van der Waals surface area contributed by atoms with Gasteiger partial charge in [0.15, 0.2) is 0 Å². The summed E-state index contributed by atoms with van der Waals surface area (Å²) in [4.78, 5) is 11.7. The minimum Gasteiger partial charge on any atom is -0.361 e. The van der Waals surface area contributed by atoms with E-state index in [1.165, 1.54) is 6.42 Å². The van der Waals surface area contributed by atoms with Gasteiger partial charge in [-0.05, 0) is 46.5 Å². The van der Waals surface area contributed by atoms with E-state index in [2.05, 4.69) is 15.8 Å². The lowest BCUT2D eigenvalue weighted by molar-refractivity contribution is 0.225. The molecule has 18 heavy (non-hydrogen) atoms. The molecule has 0 saturated heterocycles. The Morgan fingerprint density at radius 3 is 2.72 bits per heavy atom. The quantitative estimate of drug-likeness (QED) is 0.861. The van der Waals surface area contributed by atoms with Gasteiger partial charge in [-0.15, -0.1) is 0 Å². The second-order valence-electron chi connectivity index (χ2n) is 5.15. The van der Waals surface area contributed by atoms with Crippen molar-refractivity contribution in [2.75, 3.05) is 0 Å². The molecule has 1 aromatic heterocycles. The highest BCUT2D eigenvalue weighted by molar-refractivity contribution is 5.74. The number of carbonyl (C=O) groups excluding carboxylic acids is 1. The minimum atomic E-state index is -0.0704. The molecule has 1 aromatic rings. The highest BCUT2D eigenvalue weighted by atomic mass is 16.5. The number of aromatic nitrogens is 1. The first-order valence-corrected chi connectivity index (χ1v) is 6.55. The van der Waals surface area contributed by atoms with Gasteiger partial charge in [0.1, 0.15) is 5.76 Å². The molecule has 1 fully saturated rings. The van der Waals surface area contributed by atoms with E-state index in [-0.39, 0.29) is 12.1 Å². The van der Waals surface area contributed by atoms with Crippen molar-refractivity contribution in [3.63, 3.8) is 0 Å². The molecule has 0 spiro atoms. The standard InChI is InChI=1S/C13H21N3O2/c1-8(7-12-9(2)16-18-10(12)3)14-13(17)15-11-5-4-6-11/h8,11H,4-7H2,1-3H3,(H2,14,15,17)/t8-/m1/s1. The Labute approximate surface area is 107 Å². The number of urea groups is 1. The lowest BCUT2D eigenvalue weighted by atomic mass is 9.93. The zero-order chi connectivity index (χ0) is 13.1. The van der Waals surface area contributed by atoms with E-state index in [1.807, 2.05) is 20.8 Å². The Hall–Kier alpha value is -1.52. The molecule has 2 amide bonds. The van der Waals surface area contributed by atoms with E-state index in [0.717, 1.165) is 36.3 Å². The Morgan fingerprint density at radius 1 is 1.50 bits per heavy atom. The fourth-order valence-electron chi connectivity index (χ4n) is 2.15. The normalized spacial score (nSPS) is 17.1. The first-order valence-electron chi connectivity index (χ1n) is 6.55. The maximum atomic E-state index is 11.7. The molecule has 0 unspecified atom stereocenters. The van der Waals surface area contributed by atoms with Gasteiger partial charge in [0.2, 0.25) is 0 Å². The molecule has 0 aliphatic heterocycles. The van der Waals surface area contributed by atoms with Crippen molar-refractivity contribution >= 4 is 6.03 Å². The van der Waals surface area contributed by atoms with Gasteiger partial charge in [0.25, 0.3) is 0 Å². The monoisotopic (exact) mass is 251 g/mol. The molecule has 1 atom stereocenters. The highest BCUT2D eigenvalue weighted by Crippen LogP contribution is 2.18. The number of nitrogens with one attached hydrogen (secondary N) is 2. The fraction of sp³-hybridized carbons (Fsp3) is 0.692. The van der Waals surface area contributed by atoms with Gasteiger partial charge in [-0.1, -0.05) is 5.16 Å². The van der Waals surface area contributed by atoms with Crippen molar-refractivity contribution in [1.29, 1.82) is 0 Å². The van der Waals surface area contributed by atoms with Crippen LogP contribution >= 0.6 is 0 Å². The summed E-state index contributed by atoms with van der Waals surface area (Å²) < 4.78 is 5.11. The summed E-state index contributed by atoms with van der Waals surface area (Å²) in [5.74, 6) is 0.834. The van der Waals surface area contributed by atoms with Gasteiger partial charge in [0, 0.05) is 17.6 Å². The third kappa shape index (κ3) is 3.03. The number of aryl methyl sites for hydroxylation is 2. The van der Waals surface area contributed by atoms with Gasteiger partial charge < -0.3 is 15.2 Å². The average Bonchev–Trinajstić information content (AvgIpc) is 2.55. The highest BCUT2D eigenvalue weighted by Gasteiger charge is 2.20. The van der Waals surface area contributed by atoms with Crippen LogP contribution in [0.4, 0.5) is 4.79 Å². The molecular formula is C13H21N3O2. The number of carbonyl (C=O) groups is 1. The third-order valence-corrected chi connectivity index (χ3v) is 3.51. The van der Waals surface area contributed by atoms with Gasteiger partial charge in [-0.25, -0.2) is 4.79 Å². The zero-order valence-corrected chi connectivity index (χ0v) is 11.2. The smallest absolute Gasteiger partial charge is 0.315 e. The van der Waals surface area contributed by atoms with Crippen molar-refractivity contribution in [1.82, 2.24) is 15.8 Å². The Morgan fingerprint density at radius 2 is 2.22 bits per heavy atom. The predicted molar refractivity (Wildman–Crippen MR) is 68.4 cm³/mol. The molecule has 1 saturated carbocycles. The van der Waals surface area contributed by atoms with Gasteiger partial charge in [-0.3, -0.25) is 0 Å². The maximum absolute atomic E-state index is 11.7. The molecule has 2 rings (SSSR count). The van der Waals surface area contributed by atoms with Crippen LogP contribution in [0.25, 0.3) is 0 Å². The molecule has 2 N–H and O–H groups in total. The van der Waals surface area contributed by atoms with Crippen LogP contribution in [0.15, 0.2) is 4.52 Å². The predicted octanol–water partition coefficient (Wildman–Crippen LogP) is 2.07. The molecule has 1 aliphatic rings. The lowest BCUT2D eigenvalue weighted by Gasteiger charge is -2.27.